The minimum absolute atomic E-state index is 0.0457. The van der Waals surface area contributed by atoms with E-state index >= 15 is 0 Å². The molecule has 6 nitrogen and oxygen atoms in total. The molecule has 0 aliphatic heterocycles. The van der Waals surface area contributed by atoms with Crippen LogP contribution in [0.25, 0.3) is 0 Å². The smallest absolute Gasteiger partial charge is 0.303 e. The predicted molar refractivity (Wildman–Crippen MR) is 129 cm³/mol. The van der Waals surface area contributed by atoms with Crippen LogP contribution in [0.3, 0.4) is 0 Å². The van der Waals surface area contributed by atoms with Crippen molar-refractivity contribution in [1.29, 1.82) is 0 Å². The fourth-order valence-corrected chi connectivity index (χ4v) is 3.64. The van der Waals surface area contributed by atoms with E-state index in [-0.39, 0.29) is 12.5 Å². The summed E-state index contributed by atoms with van der Waals surface area (Å²) < 4.78 is 10.4. The Balaban J connectivity index is 4.06. The molecule has 0 radical (unpaired) electrons. The summed E-state index contributed by atoms with van der Waals surface area (Å²) in [7, 11) is 0. The molecule has 0 aromatic rings. The highest BCUT2D eigenvalue weighted by atomic mass is 16.6. The number of unbranched alkanes of at least 4 members (excludes halogenated alkanes) is 13. The molecule has 0 aliphatic carbocycles. The normalized spacial score (nSPS) is 13.0. The molecule has 0 bridgehead atoms. The van der Waals surface area contributed by atoms with Crippen LogP contribution in [-0.4, -0.2) is 36.6 Å². The van der Waals surface area contributed by atoms with Crippen molar-refractivity contribution in [2.75, 3.05) is 6.61 Å². The topological polar surface area (TPSA) is 81.7 Å². The van der Waals surface area contributed by atoms with Gasteiger partial charge >= 0.3 is 11.9 Å². The summed E-state index contributed by atoms with van der Waals surface area (Å²) >= 11 is 0. The monoisotopic (exact) mass is 453 g/mol. The second-order valence-corrected chi connectivity index (χ2v) is 8.64. The lowest BCUT2D eigenvalue weighted by molar-refractivity contribution is -0.149. The second kappa shape index (κ2) is 21.0. The van der Waals surface area contributed by atoms with Gasteiger partial charge in [0.25, 0.3) is 0 Å². The molecule has 6 heteroatoms. The molecular weight excluding hydrogens is 406 g/mol. The molecule has 2 unspecified atom stereocenters. The zero-order chi connectivity index (χ0) is 24.0. The van der Waals surface area contributed by atoms with E-state index in [4.69, 9.17) is 9.47 Å². The van der Waals surface area contributed by atoms with Crippen LogP contribution in [0.1, 0.15) is 118 Å². The van der Waals surface area contributed by atoms with Gasteiger partial charge in [0.2, 0.25) is 5.91 Å². The van der Waals surface area contributed by atoms with Gasteiger partial charge < -0.3 is 14.8 Å². The summed E-state index contributed by atoms with van der Waals surface area (Å²) in [5.74, 6) is -1.17. The Morgan fingerprint density at radius 1 is 0.750 bits per heavy atom. The van der Waals surface area contributed by atoms with E-state index in [1.54, 1.807) is 6.08 Å². The van der Waals surface area contributed by atoms with E-state index in [9.17, 15) is 14.4 Å². The zero-order valence-electron chi connectivity index (χ0n) is 21.0. The average molecular weight is 454 g/mol. The Kier molecular flexibility index (Phi) is 19.8. The van der Waals surface area contributed by atoms with E-state index in [2.05, 4.69) is 12.2 Å². The van der Waals surface area contributed by atoms with Gasteiger partial charge in [0.05, 0.1) is 0 Å². The van der Waals surface area contributed by atoms with Crippen LogP contribution >= 0.6 is 0 Å². The van der Waals surface area contributed by atoms with Crippen molar-refractivity contribution in [1.82, 2.24) is 5.32 Å². The number of hydrogen-bond acceptors (Lipinski definition) is 5. The summed E-state index contributed by atoms with van der Waals surface area (Å²) in [5.41, 5.74) is 0. The molecule has 0 aromatic carbocycles. The quantitative estimate of drug-likeness (QED) is 0.138. The fourth-order valence-electron chi connectivity index (χ4n) is 3.64. The summed E-state index contributed by atoms with van der Waals surface area (Å²) in [4.78, 5) is 34.1. The van der Waals surface area contributed by atoms with Crippen molar-refractivity contribution in [2.24, 2.45) is 0 Å². The van der Waals surface area contributed by atoms with Crippen LogP contribution in [0.4, 0.5) is 0 Å². The predicted octanol–water partition coefficient (Wildman–Crippen LogP) is 6.02. The second-order valence-electron chi connectivity index (χ2n) is 8.64. The number of carbonyl (C=O) groups excluding carboxylic acids is 3. The summed E-state index contributed by atoms with van der Waals surface area (Å²) in [6.45, 7) is 6.22. The van der Waals surface area contributed by atoms with Crippen molar-refractivity contribution in [3.8, 4) is 0 Å². The highest BCUT2D eigenvalue weighted by molar-refractivity contribution is 5.73. The molecule has 32 heavy (non-hydrogen) atoms. The maximum Gasteiger partial charge on any atom is 0.303 e. The number of esters is 2. The van der Waals surface area contributed by atoms with Gasteiger partial charge in [-0.15, -0.1) is 0 Å². The van der Waals surface area contributed by atoms with Gasteiger partial charge in [0, 0.05) is 20.8 Å². The number of ether oxygens (including phenoxy) is 2. The number of nitrogens with one attached hydrogen (secondary N) is 1. The molecule has 0 aromatic heterocycles. The van der Waals surface area contributed by atoms with E-state index in [0.29, 0.717) is 0 Å². The zero-order valence-corrected chi connectivity index (χ0v) is 21.0. The number of hydrogen-bond donors (Lipinski definition) is 1. The van der Waals surface area contributed by atoms with Gasteiger partial charge in [-0.05, 0) is 18.9 Å². The first kappa shape index (κ1) is 30.1. The Morgan fingerprint density at radius 3 is 1.69 bits per heavy atom. The minimum atomic E-state index is -0.669. The van der Waals surface area contributed by atoms with Crippen molar-refractivity contribution in [3.63, 3.8) is 0 Å². The standard InChI is InChI=1S/C26H47NO5/c1-5-6-7-8-9-10-11-12-13-14-15-16-17-18-19-20-26(32-24(4)30)25(27-22(2)28)21-31-23(3)29/h19-20,25-26H,5-18,21H2,1-4H3,(H,27,28). The van der Waals surface area contributed by atoms with Gasteiger partial charge in [0.15, 0.2) is 0 Å². The number of amides is 1. The first-order valence-electron chi connectivity index (χ1n) is 12.6. The molecule has 1 N–H and O–H groups in total. The molecule has 0 spiro atoms. The maximum absolute atomic E-state index is 11.5. The Morgan fingerprint density at radius 2 is 1.25 bits per heavy atom. The lowest BCUT2D eigenvalue weighted by atomic mass is 10.0. The Bertz CT molecular complexity index is 532. The lowest BCUT2D eigenvalue weighted by Gasteiger charge is -2.24. The first-order chi connectivity index (χ1) is 15.4. The maximum atomic E-state index is 11.5. The van der Waals surface area contributed by atoms with Crippen LogP contribution in [-0.2, 0) is 23.9 Å². The SMILES string of the molecule is CCCCCCCCCCCCCCCC=CC(OC(C)=O)C(COC(C)=O)NC(C)=O. The number of allylic oxidation sites excluding steroid dienone is 1. The molecule has 0 saturated carbocycles. The number of rotatable bonds is 20. The highest BCUT2D eigenvalue weighted by Crippen LogP contribution is 2.13. The summed E-state index contributed by atoms with van der Waals surface area (Å²) in [6, 6.07) is -0.608. The summed E-state index contributed by atoms with van der Waals surface area (Å²) in [5, 5.41) is 2.70. The molecule has 0 heterocycles. The van der Waals surface area contributed by atoms with E-state index in [1.807, 2.05) is 6.08 Å². The number of carbonyl (C=O) groups is 3. The van der Waals surface area contributed by atoms with E-state index in [0.717, 1.165) is 12.8 Å². The largest absolute Gasteiger partial charge is 0.464 e. The summed E-state index contributed by atoms with van der Waals surface area (Å²) in [6.07, 6.45) is 21.1. The van der Waals surface area contributed by atoms with Crippen molar-refractivity contribution >= 4 is 17.8 Å². The molecule has 0 rings (SSSR count). The van der Waals surface area contributed by atoms with Crippen LogP contribution in [0.2, 0.25) is 0 Å². The van der Waals surface area contributed by atoms with Crippen molar-refractivity contribution < 1.29 is 23.9 Å². The average Bonchev–Trinajstić information content (AvgIpc) is 2.72. The van der Waals surface area contributed by atoms with Crippen LogP contribution in [0, 0.1) is 0 Å². The highest BCUT2D eigenvalue weighted by Gasteiger charge is 2.24. The molecule has 0 fully saturated rings. The molecular formula is C26H47NO5. The molecule has 1 amide bonds. The Hall–Kier alpha value is -1.85. The fraction of sp³-hybridized carbons (Fsp3) is 0.808. The molecule has 2 atom stereocenters. The minimum Gasteiger partial charge on any atom is -0.464 e. The third kappa shape index (κ3) is 20.1. The van der Waals surface area contributed by atoms with Crippen molar-refractivity contribution in [2.45, 2.75) is 130 Å². The van der Waals surface area contributed by atoms with E-state index < -0.39 is 24.1 Å². The van der Waals surface area contributed by atoms with Crippen LogP contribution in [0.5, 0.6) is 0 Å². The van der Waals surface area contributed by atoms with Crippen LogP contribution in [0.15, 0.2) is 12.2 Å². The van der Waals surface area contributed by atoms with Gasteiger partial charge in [-0.2, -0.15) is 0 Å². The molecule has 186 valence electrons. The molecule has 0 aliphatic rings. The van der Waals surface area contributed by atoms with E-state index in [1.165, 1.54) is 97.8 Å². The van der Waals surface area contributed by atoms with Gasteiger partial charge in [-0.1, -0.05) is 90.0 Å². The van der Waals surface area contributed by atoms with Crippen molar-refractivity contribution in [3.05, 3.63) is 12.2 Å². The van der Waals surface area contributed by atoms with Gasteiger partial charge in [0.1, 0.15) is 18.8 Å². The first-order valence-corrected chi connectivity index (χ1v) is 12.6. The molecule has 0 saturated heterocycles. The van der Waals surface area contributed by atoms with Crippen LogP contribution < -0.4 is 5.32 Å². The lowest BCUT2D eigenvalue weighted by Crippen LogP contribution is -2.46. The van der Waals surface area contributed by atoms with Gasteiger partial charge in [-0.25, -0.2) is 0 Å². The Labute approximate surface area is 195 Å². The third-order valence-corrected chi connectivity index (χ3v) is 5.35. The third-order valence-electron chi connectivity index (χ3n) is 5.35. The van der Waals surface area contributed by atoms with Gasteiger partial charge in [-0.3, -0.25) is 14.4 Å².